The molecule has 0 saturated heterocycles. The van der Waals surface area contributed by atoms with E-state index < -0.39 is 0 Å². The molecule has 1 aliphatic carbocycles. The number of benzene rings is 1. The third-order valence-corrected chi connectivity index (χ3v) is 5.49. The van der Waals surface area contributed by atoms with Crippen LogP contribution < -0.4 is 5.32 Å². The highest BCUT2D eigenvalue weighted by Crippen LogP contribution is 2.28. The molecule has 0 aliphatic heterocycles. The number of halogens is 1. The van der Waals surface area contributed by atoms with Crippen molar-refractivity contribution in [3.63, 3.8) is 0 Å². The number of rotatable bonds is 5. The van der Waals surface area contributed by atoms with E-state index in [4.69, 9.17) is 0 Å². The Kier molecular flexibility index (Phi) is 4.67. The normalized spacial score (nSPS) is 15.3. The summed E-state index contributed by atoms with van der Waals surface area (Å²) in [6.45, 7) is 4.27. The standard InChI is InChI=1S/C16H22BrNO/c1-3-16(4-2,11-17)18-15(19)14-9-12-7-5-6-8-13(12)10-14/h5-8,14H,3-4,9-11H2,1-2H3,(H,18,19). The molecule has 1 aliphatic rings. The summed E-state index contributed by atoms with van der Waals surface area (Å²) in [5, 5.41) is 4.09. The third kappa shape index (κ3) is 3.02. The van der Waals surface area contributed by atoms with Crippen molar-refractivity contribution in [2.24, 2.45) is 5.92 Å². The molecule has 0 saturated carbocycles. The van der Waals surface area contributed by atoms with Gasteiger partial charge in [0.1, 0.15) is 0 Å². The molecule has 1 aromatic carbocycles. The van der Waals surface area contributed by atoms with Crippen molar-refractivity contribution in [1.29, 1.82) is 0 Å². The van der Waals surface area contributed by atoms with Crippen LogP contribution in [0.4, 0.5) is 0 Å². The SMILES string of the molecule is CCC(CC)(CBr)NC(=O)C1Cc2ccccc2C1. The molecule has 0 unspecified atom stereocenters. The molecule has 0 spiro atoms. The van der Waals surface area contributed by atoms with Gasteiger partial charge in [0, 0.05) is 16.8 Å². The van der Waals surface area contributed by atoms with Crippen LogP contribution in [0, 0.1) is 5.92 Å². The van der Waals surface area contributed by atoms with Gasteiger partial charge in [0.2, 0.25) is 5.91 Å². The molecule has 1 aromatic rings. The number of alkyl halides is 1. The zero-order chi connectivity index (χ0) is 13.9. The van der Waals surface area contributed by atoms with Crippen molar-refractivity contribution >= 4 is 21.8 Å². The molecule has 0 aromatic heterocycles. The maximum absolute atomic E-state index is 12.5. The number of nitrogens with one attached hydrogen (secondary N) is 1. The first-order valence-corrected chi connectivity index (χ1v) is 8.21. The highest BCUT2D eigenvalue weighted by atomic mass is 79.9. The molecular weight excluding hydrogens is 302 g/mol. The average molecular weight is 324 g/mol. The van der Waals surface area contributed by atoms with E-state index in [1.165, 1.54) is 11.1 Å². The molecule has 2 nitrogen and oxygen atoms in total. The van der Waals surface area contributed by atoms with Crippen LogP contribution in [0.1, 0.15) is 37.8 Å². The van der Waals surface area contributed by atoms with Crippen LogP contribution in [0.5, 0.6) is 0 Å². The van der Waals surface area contributed by atoms with Crippen LogP contribution in [0.25, 0.3) is 0 Å². The van der Waals surface area contributed by atoms with Gasteiger partial charge >= 0.3 is 0 Å². The largest absolute Gasteiger partial charge is 0.350 e. The second-order valence-electron chi connectivity index (χ2n) is 5.48. The summed E-state index contributed by atoms with van der Waals surface area (Å²) in [5.74, 6) is 0.313. The van der Waals surface area contributed by atoms with E-state index in [9.17, 15) is 4.79 Å². The topological polar surface area (TPSA) is 29.1 Å². The Hall–Kier alpha value is -0.830. The minimum atomic E-state index is -0.0914. The van der Waals surface area contributed by atoms with Gasteiger partial charge in [-0.2, -0.15) is 0 Å². The highest BCUT2D eigenvalue weighted by Gasteiger charge is 2.32. The maximum Gasteiger partial charge on any atom is 0.224 e. The quantitative estimate of drug-likeness (QED) is 0.826. The molecule has 1 amide bonds. The summed E-state index contributed by atoms with van der Waals surface area (Å²) in [6, 6.07) is 8.39. The summed E-state index contributed by atoms with van der Waals surface area (Å²) in [6.07, 6.45) is 3.68. The number of fused-ring (bicyclic) bond motifs is 1. The Labute approximate surface area is 124 Å². The van der Waals surface area contributed by atoms with Gasteiger partial charge in [0.25, 0.3) is 0 Å². The molecular formula is C16H22BrNO. The van der Waals surface area contributed by atoms with Crippen LogP contribution >= 0.6 is 15.9 Å². The van der Waals surface area contributed by atoms with E-state index in [1.54, 1.807) is 0 Å². The first-order chi connectivity index (χ1) is 9.14. The molecule has 19 heavy (non-hydrogen) atoms. The molecule has 0 radical (unpaired) electrons. The number of hydrogen-bond acceptors (Lipinski definition) is 1. The zero-order valence-electron chi connectivity index (χ0n) is 11.7. The molecule has 0 heterocycles. The van der Waals surface area contributed by atoms with E-state index in [2.05, 4.69) is 59.4 Å². The molecule has 3 heteroatoms. The molecule has 104 valence electrons. The molecule has 1 N–H and O–H groups in total. The summed E-state index contributed by atoms with van der Waals surface area (Å²) in [4.78, 5) is 12.5. The van der Waals surface area contributed by atoms with Crippen molar-refractivity contribution in [3.8, 4) is 0 Å². The first-order valence-electron chi connectivity index (χ1n) is 7.09. The maximum atomic E-state index is 12.5. The summed E-state index contributed by atoms with van der Waals surface area (Å²) < 4.78 is 0. The van der Waals surface area contributed by atoms with Crippen molar-refractivity contribution in [3.05, 3.63) is 35.4 Å². The second kappa shape index (κ2) is 6.08. The van der Waals surface area contributed by atoms with Crippen molar-refractivity contribution in [2.45, 2.75) is 45.1 Å². The van der Waals surface area contributed by atoms with Gasteiger partial charge in [-0.25, -0.2) is 0 Å². The smallest absolute Gasteiger partial charge is 0.224 e. The fourth-order valence-corrected chi connectivity index (χ4v) is 3.69. The van der Waals surface area contributed by atoms with E-state index >= 15 is 0 Å². The predicted octanol–water partition coefficient (Wildman–Crippen LogP) is 3.47. The van der Waals surface area contributed by atoms with Gasteiger partial charge in [-0.3, -0.25) is 4.79 Å². The fourth-order valence-electron chi connectivity index (χ4n) is 2.76. The lowest BCUT2D eigenvalue weighted by Crippen LogP contribution is -2.51. The Bertz CT molecular complexity index is 421. The van der Waals surface area contributed by atoms with Gasteiger partial charge in [-0.15, -0.1) is 0 Å². The zero-order valence-corrected chi connectivity index (χ0v) is 13.3. The van der Waals surface area contributed by atoms with Gasteiger partial charge in [0.05, 0.1) is 0 Å². The third-order valence-electron chi connectivity index (χ3n) is 4.42. The van der Waals surface area contributed by atoms with Gasteiger partial charge in [-0.05, 0) is 36.8 Å². The molecule has 0 atom stereocenters. The van der Waals surface area contributed by atoms with E-state index in [0.29, 0.717) is 0 Å². The Balaban J connectivity index is 2.03. The second-order valence-corrected chi connectivity index (χ2v) is 6.04. The van der Waals surface area contributed by atoms with Crippen LogP contribution in [-0.2, 0) is 17.6 Å². The molecule has 0 fully saturated rings. The minimum absolute atomic E-state index is 0.0914. The predicted molar refractivity (Wildman–Crippen MR) is 82.6 cm³/mol. The van der Waals surface area contributed by atoms with Gasteiger partial charge < -0.3 is 5.32 Å². The summed E-state index contributed by atoms with van der Waals surface area (Å²) in [7, 11) is 0. The van der Waals surface area contributed by atoms with Crippen molar-refractivity contribution in [1.82, 2.24) is 5.32 Å². The van der Waals surface area contributed by atoms with E-state index in [0.717, 1.165) is 31.0 Å². The lowest BCUT2D eigenvalue weighted by atomic mass is 9.93. The monoisotopic (exact) mass is 323 g/mol. The summed E-state index contributed by atoms with van der Waals surface area (Å²) in [5.41, 5.74) is 2.58. The number of carbonyl (C=O) groups excluding carboxylic acids is 1. The van der Waals surface area contributed by atoms with Crippen LogP contribution in [0.15, 0.2) is 24.3 Å². The van der Waals surface area contributed by atoms with E-state index in [1.807, 2.05) is 0 Å². The lowest BCUT2D eigenvalue weighted by molar-refractivity contribution is -0.126. The average Bonchev–Trinajstić information content (AvgIpc) is 2.89. The van der Waals surface area contributed by atoms with Crippen molar-refractivity contribution < 1.29 is 4.79 Å². The number of carbonyl (C=O) groups is 1. The fraction of sp³-hybridized carbons (Fsp3) is 0.562. The van der Waals surface area contributed by atoms with E-state index in [-0.39, 0.29) is 17.4 Å². The minimum Gasteiger partial charge on any atom is -0.350 e. The highest BCUT2D eigenvalue weighted by molar-refractivity contribution is 9.09. The van der Waals surface area contributed by atoms with Gasteiger partial charge in [-0.1, -0.05) is 54.0 Å². The van der Waals surface area contributed by atoms with Crippen LogP contribution in [0.3, 0.4) is 0 Å². The number of hydrogen-bond donors (Lipinski definition) is 1. The van der Waals surface area contributed by atoms with Gasteiger partial charge in [0.15, 0.2) is 0 Å². The Morgan fingerprint density at radius 2 is 1.79 bits per heavy atom. The van der Waals surface area contributed by atoms with Crippen LogP contribution in [-0.4, -0.2) is 16.8 Å². The summed E-state index contributed by atoms with van der Waals surface area (Å²) >= 11 is 3.54. The molecule has 2 rings (SSSR count). The first kappa shape index (κ1) is 14.6. The lowest BCUT2D eigenvalue weighted by Gasteiger charge is -2.32. The van der Waals surface area contributed by atoms with Crippen molar-refractivity contribution in [2.75, 3.05) is 5.33 Å². The van der Waals surface area contributed by atoms with Crippen LogP contribution in [0.2, 0.25) is 0 Å². The molecule has 0 bridgehead atoms. The number of amides is 1. The Morgan fingerprint density at radius 3 is 2.21 bits per heavy atom. The Morgan fingerprint density at radius 1 is 1.26 bits per heavy atom.